The maximum Gasteiger partial charge on any atom is 0.161 e. The number of aryl methyl sites for hydroxylation is 2. The predicted molar refractivity (Wildman–Crippen MR) is 54.6 cm³/mol. The average molecular weight is 204 g/mol. The third-order valence-electron chi connectivity index (χ3n) is 2.25. The molecular formula is C10H12N4O. The van der Waals surface area contributed by atoms with Gasteiger partial charge in [0.05, 0.1) is 6.61 Å². The van der Waals surface area contributed by atoms with E-state index < -0.39 is 0 Å². The Kier molecular flexibility index (Phi) is 2.47. The van der Waals surface area contributed by atoms with Gasteiger partial charge < -0.3 is 5.11 Å². The summed E-state index contributed by atoms with van der Waals surface area (Å²) in [6.45, 7) is 3.81. The van der Waals surface area contributed by atoms with Crippen molar-refractivity contribution in [2.24, 2.45) is 0 Å². The van der Waals surface area contributed by atoms with E-state index in [0.29, 0.717) is 5.82 Å². The first kappa shape index (κ1) is 9.79. The summed E-state index contributed by atoms with van der Waals surface area (Å²) in [6, 6.07) is 1.94. The summed E-state index contributed by atoms with van der Waals surface area (Å²) in [6.07, 6.45) is 3.01. The van der Waals surface area contributed by atoms with Crippen LogP contribution in [0.2, 0.25) is 0 Å². The van der Waals surface area contributed by atoms with Gasteiger partial charge in [-0.2, -0.15) is 5.10 Å². The van der Waals surface area contributed by atoms with Crippen LogP contribution >= 0.6 is 0 Å². The van der Waals surface area contributed by atoms with Crippen LogP contribution in [0.5, 0.6) is 0 Å². The van der Waals surface area contributed by atoms with E-state index in [-0.39, 0.29) is 6.61 Å². The van der Waals surface area contributed by atoms with Crippen molar-refractivity contribution in [1.82, 2.24) is 19.7 Å². The van der Waals surface area contributed by atoms with Crippen LogP contribution in [0.1, 0.15) is 16.8 Å². The number of nitrogens with zero attached hydrogens (tertiary/aromatic N) is 4. The molecule has 2 heterocycles. The molecule has 0 aliphatic rings. The molecule has 15 heavy (non-hydrogen) atoms. The lowest BCUT2D eigenvalue weighted by Crippen LogP contribution is -2.06. The van der Waals surface area contributed by atoms with E-state index in [9.17, 15) is 5.11 Å². The first-order chi connectivity index (χ1) is 7.22. The molecule has 2 aromatic rings. The molecule has 2 rings (SSSR count). The zero-order chi connectivity index (χ0) is 10.8. The highest BCUT2D eigenvalue weighted by Gasteiger charge is 2.09. The van der Waals surface area contributed by atoms with Gasteiger partial charge in [-0.15, -0.1) is 0 Å². The summed E-state index contributed by atoms with van der Waals surface area (Å²) in [7, 11) is 0. The molecule has 0 spiro atoms. The minimum absolute atomic E-state index is 0.0473. The lowest BCUT2D eigenvalue weighted by atomic mass is 10.1. The van der Waals surface area contributed by atoms with Gasteiger partial charge in [0.15, 0.2) is 5.82 Å². The molecule has 0 unspecified atom stereocenters. The number of aliphatic hydroxyl groups is 1. The molecule has 0 saturated heterocycles. The monoisotopic (exact) mass is 204 g/mol. The standard InChI is InChI=1S/C10H12N4O/c1-7-3-8(2)13-10(9(7)4-15)14-6-11-5-12-14/h3,5-6,15H,4H2,1-2H3. The van der Waals surface area contributed by atoms with Crippen molar-refractivity contribution < 1.29 is 5.11 Å². The smallest absolute Gasteiger partial charge is 0.161 e. The average Bonchev–Trinajstić information content (AvgIpc) is 2.69. The Morgan fingerprint density at radius 1 is 1.40 bits per heavy atom. The Balaban J connectivity index is 2.64. The number of rotatable bonds is 2. The highest BCUT2D eigenvalue weighted by Crippen LogP contribution is 2.16. The fraction of sp³-hybridized carbons (Fsp3) is 0.300. The van der Waals surface area contributed by atoms with Crippen molar-refractivity contribution in [3.63, 3.8) is 0 Å². The van der Waals surface area contributed by atoms with Crippen LogP contribution in [0.3, 0.4) is 0 Å². The summed E-state index contributed by atoms with van der Waals surface area (Å²) >= 11 is 0. The lowest BCUT2D eigenvalue weighted by Gasteiger charge is -2.10. The van der Waals surface area contributed by atoms with E-state index in [1.165, 1.54) is 6.33 Å². The van der Waals surface area contributed by atoms with Crippen molar-refractivity contribution in [1.29, 1.82) is 0 Å². The summed E-state index contributed by atoms with van der Waals surface area (Å²) in [5, 5.41) is 13.3. The van der Waals surface area contributed by atoms with Gasteiger partial charge in [0.25, 0.3) is 0 Å². The highest BCUT2D eigenvalue weighted by molar-refractivity contribution is 5.39. The molecule has 0 aliphatic heterocycles. The second-order valence-electron chi connectivity index (χ2n) is 3.38. The van der Waals surface area contributed by atoms with E-state index in [1.54, 1.807) is 11.0 Å². The van der Waals surface area contributed by atoms with E-state index in [1.807, 2.05) is 19.9 Å². The number of aliphatic hydroxyl groups excluding tert-OH is 1. The molecule has 1 N–H and O–H groups in total. The minimum Gasteiger partial charge on any atom is -0.392 e. The van der Waals surface area contributed by atoms with Gasteiger partial charge in [0, 0.05) is 11.3 Å². The van der Waals surface area contributed by atoms with Gasteiger partial charge in [-0.05, 0) is 25.5 Å². The first-order valence-corrected chi connectivity index (χ1v) is 4.65. The molecule has 0 fully saturated rings. The zero-order valence-corrected chi connectivity index (χ0v) is 8.68. The Morgan fingerprint density at radius 3 is 2.80 bits per heavy atom. The van der Waals surface area contributed by atoms with Gasteiger partial charge >= 0.3 is 0 Å². The largest absolute Gasteiger partial charge is 0.392 e. The van der Waals surface area contributed by atoms with E-state index in [4.69, 9.17) is 0 Å². The topological polar surface area (TPSA) is 63.8 Å². The lowest BCUT2D eigenvalue weighted by molar-refractivity contribution is 0.280. The zero-order valence-electron chi connectivity index (χ0n) is 8.68. The summed E-state index contributed by atoms with van der Waals surface area (Å²) in [5.41, 5.74) is 2.69. The maximum atomic E-state index is 9.29. The first-order valence-electron chi connectivity index (χ1n) is 4.65. The van der Waals surface area contributed by atoms with Crippen molar-refractivity contribution in [3.05, 3.63) is 35.5 Å². The number of hydrogen-bond acceptors (Lipinski definition) is 4. The Bertz CT molecular complexity index is 465. The molecule has 0 aromatic carbocycles. The molecule has 78 valence electrons. The van der Waals surface area contributed by atoms with Gasteiger partial charge in [-0.3, -0.25) is 0 Å². The fourth-order valence-electron chi connectivity index (χ4n) is 1.55. The van der Waals surface area contributed by atoms with Gasteiger partial charge in [-0.25, -0.2) is 14.6 Å². The van der Waals surface area contributed by atoms with Crippen molar-refractivity contribution >= 4 is 0 Å². The van der Waals surface area contributed by atoms with Crippen LogP contribution in [0.25, 0.3) is 5.82 Å². The van der Waals surface area contributed by atoms with Crippen LogP contribution in [0, 0.1) is 13.8 Å². The molecular weight excluding hydrogens is 192 g/mol. The van der Waals surface area contributed by atoms with E-state index >= 15 is 0 Å². The summed E-state index contributed by atoms with van der Waals surface area (Å²) < 4.78 is 1.56. The molecule has 2 aromatic heterocycles. The minimum atomic E-state index is -0.0473. The molecule has 5 nitrogen and oxygen atoms in total. The van der Waals surface area contributed by atoms with Crippen molar-refractivity contribution in [3.8, 4) is 5.82 Å². The number of hydrogen-bond donors (Lipinski definition) is 1. The summed E-state index contributed by atoms with van der Waals surface area (Å²) in [5.74, 6) is 0.646. The Hall–Kier alpha value is -1.75. The van der Waals surface area contributed by atoms with Crippen molar-refractivity contribution in [2.45, 2.75) is 20.5 Å². The van der Waals surface area contributed by atoms with Crippen LogP contribution in [0.4, 0.5) is 0 Å². The summed E-state index contributed by atoms with van der Waals surface area (Å²) in [4.78, 5) is 8.21. The van der Waals surface area contributed by atoms with Crippen LogP contribution in [-0.4, -0.2) is 24.9 Å². The van der Waals surface area contributed by atoms with Gasteiger partial charge in [0.2, 0.25) is 0 Å². The Morgan fingerprint density at radius 2 is 2.20 bits per heavy atom. The molecule has 0 saturated carbocycles. The molecule has 0 aliphatic carbocycles. The molecule has 0 atom stereocenters. The SMILES string of the molecule is Cc1cc(C)c(CO)c(-n2cncn2)n1. The van der Waals surface area contributed by atoms with Crippen LogP contribution in [-0.2, 0) is 6.61 Å². The van der Waals surface area contributed by atoms with Crippen LogP contribution < -0.4 is 0 Å². The van der Waals surface area contributed by atoms with E-state index in [0.717, 1.165) is 16.8 Å². The third kappa shape index (κ3) is 1.73. The maximum absolute atomic E-state index is 9.29. The molecule has 0 amide bonds. The molecule has 0 bridgehead atoms. The second-order valence-corrected chi connectivity index (χ2v) is 3.38. The molecule has 0 radical (unpaired) electrons. The second kappa shape index (κ2) is 3.78. The van der Waals surface area contributed by atoms with Gasteiger partial charge in [0.1, 0.15) is 12.7 Å². The normalized spacial score (nSPS) is 10.6. The number of aromatic nitrogens is 4. The Labute approximate surface area is 87.4 Å². The fourth-order valence-corrected chi connectivity index (χ4v) is 1.55. The quantitative estimate of drug-likeness (QED) is 0.784. The number of pyridine rings is 1. The molecule has 5 heteroatoms. The predicted octanol–water partition coefficient (Wildman–Crippen LogP) is 0.771. The highest BCUT2D eigenvalue weighted by atomic mass is 16.3. The van der Waals surface area contributed by atoms with Crippen molar-refractivity contribution in [2.75, 3.05) is 0 Å². The van der Waals surface area contributed by atoms with Crippen LogP contribution in [0.15, 0.2) is 18.7 Å². The van der Waals surface area contributed by atoms with Gasteiger partial charge in [-0.1, -0.05) is 0 Å². The third-order valence-corrected chi connectivity index (χ3v) is 2.25. The van der Waals surface area contributed by atoms with E-state index in [2.05, 4.69) is 15.1 Å².